The van der Waals surface area contributed by atoms with Crippen molar-refractivity contribution in [2.45, 2.75) is 13.0 Å². The van der Waals surface area contributed by atoms with Crippen LogP contribution in [0.4, 0.5) is 8.78 Å². The molecule has 1 aromatic carbocycles. The molecule has 0 fully saturated rings. The maximum atomic E-state index is 13.4. The Morgan fingerprint density at radius 3 is 2.40 bits per heavy atom. The SMILES string of the molecule is O=C(C=Cc1c(F)cccc1F)NCCC(=O)NCc1ccncc1. The number of carbonyl (C=O) groups is 2. The first kappa shape index (κ1) is 18.3. The molecule has 0 saturated heterocycles. The molecule has 2 N–H and O–H groups in total. The third-order valence-corrected chi connectivity index (χ3v) is 3.29. The fraction of sp³-hybridized carbons (Fsp3) is 0.167. The average molecular weight is 345 g/mol. The Morgan fingerprint density at radius 2 is 1.72 bits per heavy atom. The van der Waals surface area contributed by atoms with Crippen molar-refractivity contribution in [2.24, 2.45) is 0 Å². The second-order valence-electron chi connectivity index (χ2n) is 5.14. The third kappa shape index (κ3) is 6.14. The molecular weight excluding hydrogens is 328 g/mol. The van der Waals surface area contributed by atoms with E-state index in [0.29, 0.717) is 6.54 Å². The number of hydrogen-bond donors (Lipinski definition) is 2. The predicted octanol–water partition coefficient (Wildman–Crippen LogP) is 2.20. The summed E-state index contributed by atoms with van der Waals surface area (Å²) in [7, 11) is 0. The molecule has 2 aromatic rings. The fourth-order valence-electron chi connectivity index (χ4n) is 1.98. The van der Waals surface area contributed by atoms with Gasteiger partial charge in [0.25, 0.3) is 0 Å². The van der Waals surface area contributed by atoms with Gasteiger partial charge in [-0.3, -0.25) is 14.6 Å². The summed E-state index contributed by atoms with van der Waals surface area (Å²) in [4.78, 5) is 27.2. The van der Waals surface area contributed by atoms with Crippen LogP contribution in [0.3, 0.4) is 0 Å². The Labute approximate surface area is 143 Å². The zero-order valence-electron chi connectivity index (χ0n) is 13.3. The second kappa shape index (κ2) is 9.27. The van der Waals surface area contributed by atoms with Gasteiger partial charge in [0.1, 0.15) is 11.6 Å². The van der Waals surface area contributed by atoms with E-state index >= 15 is 0 Å². The summed E-state index contributed by atoms with van der Waals surface area (Å²) in [6, 6.07) is 7.03. The molecule has 1 aromatic heterocycles. The zero-order valence-corrected chi connectivity index (χ0v) is 13.3. The summed E-state index contributed by atoms with van der Waals surface area (Å²) in [6.07, 6.45) is 5.44. The van der Waals surface area contributed by atoms with E-state index in [1.165, 1.54) is 6.07 Å². The Hall–Kier alpha value is -3.09. The van der Waals surface area contributed by atoms with Gasteiger partial charge in [-0.15, -0.1) is 0 Å². The molecule has 0 aliphatic carbocycles. The Morgan fingerprint density at radius 1 is 1.04 bits per heavy atom. The summed E-state index contributed by atoms with van der Waals surface area (Å²) < 4.78 is 26.8. The van der Waals surface area contributed by atoms with Gasteiger partial charge in [0.2, 0.25) is 11.8 Å². The van der Waals surface area contributed by atoms with Gasteiger partial charge in [-0.2, -0.15) is 0 Å². The van der Waals surface area contributed by atoms with E-state index in [1.807, 2.05) is 0 Å². The first-order chi connectivity index (χ1) is 12.1. The minimum Gasteiger partial charge on any atom is -0.352 e. The molecule has 2 rings (SSSR count). The lowest BCUT2D eigenvalue weighted by molar-refractivity contribution is -0.121. The molecule has 2 amide bonds. The number of benzene rings is 1. The molecule has 0 saturated carbocycles. The summed E-state index contributed by atoms with van der Waals surface area (Å²) in [6.45, 7) is 0.493. The maximum absolute atomic E-state index is 13.4. The lowest BCUT2D eigenvalue weighted by atomic mass is 10.2. The molecule has 7 heteroatoms. The molecule has 0 radical (unpaired) electrons. The summed E-state index contributed by atoms with van der Waals surface area (Å²) >= 11 is 0. The molecule has 130 valence electrons. The smallest absolute Gasteiger partial charge is 0.244 e. The lowest BCUT2D eigenvalue weighted by Crippen LogP contribution is -2.29. The van der Waals surface area contributed by atoms with Crippen molar-refractivity contribution in [3.05, 3.63) is 71.6 Å². The van der Waals surface area contributed by atoms with E-state index in [2.05, 4.69) is 15.6 Å². The first-order valence-corrected chi connectivity index (χ1v) is 7.62. The van der Waals surface area contributed by atoms with Gasteiger partial charge in [0, 0.05) is 43.5 Å². The highest BCUT2D eigenvalue weighted by atomic mass is 19.1. The van der Waals surface area contributed by atoms with Crippen LogP contribution in [-0.4, -0.2) is 23.3 Å². The molecule has 5 nitrogen and oxygen atoms in total. The van der Waals surface area contributed by atoms with Crippen molar-refractivity contribution in [1.82, 2.24) is 15.6 Å². The van der Waals surface area contributed by atoms with Crippen LogP contribution in [0.2, 0.25) is 0 Å². The van der Waals surface area contributed by atoms with Gasteiger partial charge in [0.15, 0.2) is 0 Å². The van der Waals surface area contributed by atoms with Crippen LogP contribution in [0, 0.1) is 11.6 Å². The van der Waals surface area contributed by atoms with Crippen molar-refractivity contribution in [1.29, 1.82) is 0 Å². The van der Waals surface area contributed by atoms with Crippen molar-refractivity contribution >= 4 is 17.9 Å². The van der Waals surface area contributed by atoms with Crippen molar-refractivity contribution in [3.8, 4) is 0 Å². The van der Waals surface area contributed by atoms with E-state index in [-0.39, 0.29) is 24.4 Å². The summed E-state index contributed by atoms with van der Waals surface area (Å²) in [5.41, 5.74) is 0.634. The Balaban J connectivity index is 1.71. The van der Waals surface area contributed by atoms with Gasteiger partial charge in [-0.05, 0) is 35.9 Å². The highest BCUT2D eigenvalue weighted by Crippen LogP contribution is 2.13. The molecular formula is C18H17F2N3O2. The molecule has 0 atom stereocenters. The summed E-state index contributed by atoms with van der Waals surface area (Å²) in [5.74, 6) is -2.26. The highest BCUT2D eigenvalue weighted by molar-refractivity contribution is 5.92. The van der Waals surface area contributed by atoms with Crippen LogP contribution < -0.4 is 10.6 Å². The molecule has 0 spiro atoms. The largest absolute Gasteiger partial charge is 0.352 e. The summed E-state index contributed by atoms with van der Waals surface area (Å²) in [5, 5.41) is 5.19. The Bertz CT molecular complexity index is 744. The number of hydrogen-bond acceptors (Lipinski definition) is 3. The van der Waals surface area contributed by atoms with E-state index in [0.717, 1.165) is 29.8 Å². The van der Waals surface area contributed by atoms with Gasteiger partial charge in [-0.25, -0.2) is 8.78 Å². The van der Waals surface area contributed by atoms with Crippen molar-refractivity contribution < 1.29 is 18.4 Å². The number of aromatic nitrogens is 1. The Kier molecular flexibility index (Phi) is 6.76. The van der Waals surface area contributed by atoms with Gasteiger partial charge in [0.05, 0.1) is 0 Å². The van der Waals surface area contributed by atoms with Crippen molar-refractivity contribution in [3.63, 3.8) is 0 Å². The van der Waals surface area contributed by atoms with E-state index in [1.54, 1.807) is 24.5 Å². The van der Waals surface area contributed by atoms with Crippen LogP contribution >= 0.6 is 0 Å². The number of halogens is 2. The molecule has 25 heavy (non-hydrogen) atoms. The average Bonchev–Trinajstić information content (AvgIpc) is 2.60. The van der Waals surface area contributed by atoms with E-state index < -0.39 is 17.5 Å². The monoisotopic (exact) mass is 345 g/mol. The number of rotatable bonds is 7. The number of nitrogens with zero attached hydrogens (tertiary/aromatic N) is 1. The van der Waals surface area contributed by atoms with E-state index in [9.17, 15) is 18.4 Å². The minimum absolute atomic E-state index is 0.0960. The van der Waals surface area contributed by atoms with Gasteiger partial charge < -0.3 is 10.6 Å². The fourth-order valence-corrected chi connectivity index (χ4v) is 1.98. The maximum Gasteiger partial charge on any atom is 0.244 e. The highest BCUT2D eigenvalue weighted by Gasteiger charge is 2.06. The predicted molar refractivity (Wildman–Crippen MR) is 89.1 cm³/mol. The van der Waals surface area contributed by atoms with Crippen LogP contribution in [0.15, 0.2) is 48.8 Å². The normalized spacial score (nSPS) is 10.6. The van der Waals surface area contributed by atoms with Crippen LogP contribution in [0.25, 0.3) is 6.08 Å². The quantitative estimate of drug-likeness (QED) is 0.756. The lowest BCUT2D eigenvalue weighted by Gasteiger charge is -2.05. The third-order valence-electron chi connectivity index (χ3n) is 3.29. The molecule has 0 aliphatic heterocycles. The zero-order chi connectivity index (χ0) is 18.1. The van der Waals surface area contributed by atoms with Crippen molar-refractivity contribution in [2.75, 3.05) is 6.54 Å². The standard InChI is InChI=1S/C18H17F2N3O2/c19-15-2-1-3-16(20)14(15)4-5-17(24)22-11-8-18(25)23-12-13-6-9-21-10-7-13/h1-7,9-10H,8,11-12H2,(H,22,24)(H,23,25). The number of amides is 2. The number of nitrogens with one attached hydrogen (secondary N) is 2. The van der Waals surface area contributed by atoms with Gasteiger partial charge in [-0.1, -0.05) is 6.07 Å². The number of carbonyl (C=O) groups excluding carboxylic acids is 2. The molecule has 0 aliphatic rings. The van der Waals surface area contributed by atoms with Gasteiger partial charge >= 0.3 is 0 Å². The molecule has 1 heterocycles. The van der Waals surface area contributed by atoms with Crippen LogP contribution in [-0.2, 0) is 16.1 Å². The van der Waals surface area contributed by atoms with E-state index in [4.69, 9.17) is 0 Å². The molecule has 0 unspecified atom stereocenters. The van der Waals surface area contributed by atoms with Crippen LogP contribution in [0.5, 0.6) is 0 Å². The minimum atomic E-state index is -0.750. The van der Waals surface area contributed by atoms with Crippen LogP contribution in [0.1, 0.15) is 17.5 Å². The first-order valence-electron chi connectivity index (χ1n) is 7.62. The molecule has 0 bridgehead atoms. The topological polar surface area (TPSA) is 71.1 Å². The second-order valence-corrected chi connectivity index (χ2v) is 5.14. The number of pyridine rings is 1.